The van der Waals surface area contributed by atoms with Gasteiger partial charge in [0.05, 0.1) is 26.9 Å². The van der Waals surface area contributed by atoms with E-state index < -0.39 is 11.9 Å². The number of para-hydroxylation sites is 1. The highest BCUT2D eigenvalue weighted by atomic mass is 16.5. The van der Waals surface area contributed by atoms with Crippen molar-refractivity contribution in [2.45, 2.75) is 12.5 Å². The van der Waals surface area contributed by atoms with E-state index in [2.05, 4.69) is 10.6 Å². The van der Waals surface area contributed by atoms with Crippen LogP contribution in [0.2, 0.25) is 0 Å². The van der Waals surface area contributed by atoms with Gasteiger partial charge in [-0.2, -0.15) is 0 Å². The number of fused-ring (bicyclic) bond motifs is 1. The molecule has 2 aromatic carbocycles. The number of ether oxygens (including phenoxy) is 3. The summed E-state index contributed by atoms with van der Waals surface area (Å²) < 4.78 is 15.9. The maximum atomic E-state index is 12.8. The van der Waals surface area contributed by atoms with Crippen LogP contribution in [0.3, 0.4) is 0 Å². The van der Waals surface area contributed by atoms with E-state index in [1.807, 2.05) is 24.3 Å². The second kappa shape index (κ2) is 7.35. The Kier molecular flexibility index (Phi) is 4.97. The van der Waals surface area contributed by atoms with Crippen LogP contribution in [0.15, 0.2) is 36.4 Å². The monoisotopic (exact) mass is 356 g/mol. The van der Waals surface area contributed by atoms with Gasteiger partial charge in [-0.1, -0.05) is 18.2 Å². The van der Waals surface area contributed by atoms with E-state index in [9.17, 15) is 9.59 Å². The lowest BCUT2D eigenvalue weighted by Crippen LogP contribution is -2.47. The standard InChI is InChI=1S/C19H20N2O5/c1-24-15-9-8-12(16(25-2)17(15)26-3)18(22)21-14-10-11-6-4-5-7-13(11)20-19(14)23/h4-9,14H,10H2,1-3H3,(H,20,23)(H,21,22). The summed E-state index contributed by atoms with van der Waals surface area (Å²) >= 11 is 0. The van der Waals surface area contributed by atoms with Crippen LogP contribution in [0.4, 0.5) is 5.69 Å². The smallest absolute Gasteiger partial charge is 0.255 e. The predicted octanol–water partition coefficient (Wildman–Crippen LogP) is 2.01. The van der Waals surface area contributed by atoms with Crippen LogP contribution in [0.5, 0.6) is 17.2 Å². The Labute approximate surface area is 151 Å². The first kappa shape index (κ1) is 17.6. The van der Waals surface area contributed by atoms with Gasteiger partial charge in [-0.25, -0.2) is 0 Å². The number of methoxy groups -OCH3 is 3. The van der Waals surface area contributed by atoms with Crippen LogP contribution >= 0.6 is 0 Å². The van der Waals surface area contributed by atoms with E-state index in [4.69, 9.17) is 14.2 Å². The largest absolute Gasteiger partial charge is 0.493 e. The second-order valence-corrected chi connectivity index (χ2v) is 5.76. The van der Waals surface area contributed by atoms with Gasteiger partial charge < -0.3 is 24.8 Å². The molecule has 0 radical (unpaired) electrons. The van der Waals surface area contributed by atoms with Crippen LogP contribution in [-0.4, -0.2) is 39.2 Å². The van der Waals surface area contributed by atoms with Crippen molar-refractivity contribution in [2.75, 3.05) is 26.6 Å². The van der Waals surface area contributed by atoms with Gasteiger partial charge in [0, 0.05) is 12.1 Å². The maximum Gasteiger partial charge on any atom is 0.255 e. The zero-order chi connectivity index (χ0) is 18.7. The topological polar surface area (TPSA) is 85.9 Å². The van der Waals surface area contributed by atoms with Crippen LogP contribution in [-0.2, 0) is 11.2 Å². The summed E-state index contributed by atoms with van der Waals surface area (Å²) in [6.07, 6.45) is 0.420. The summed E-state index contributed by atoms with van der Waals surface area (Å²) in [6, 6.07) is 10.0. The summed E-state index contributed by atoms with van der Waals surface area (Å²) in [7, 11) is 4.41. The first-order valence-electron chi connectivity index (χ1n) is 8.07. The average molecular weight is 356 g/mol. The fourth-order valence-electron chi connectivity index (χ4n) is 2.99. The number of carbonyl (C=O) groups excluding carboxylic acids is 2. The molecular formula is C19H20N2O5. The lowest BCUT2D eigenvalue weighted by molar-refractivity contribution is -0.118. The third kappa shape index (κ3) is 3.15. The number of benzene rings is 2. The van der Waals surface area contributed by atoms with Gasteiger partial charge in [0.15, 0.2) is 11.5 Å². The van der Waals surface area contributed by atoms with Gasteiger partial charge in [0.2, 0.25) is 11.7 Å². The molecule has 2 aromatic rings. The number of carbonyl (C=O) groups is 2. The molecule has 0 fully saturated rings. The molecule has 0 aliphatic carbocycles. The van der Waals surface area contributed by atoms with E-state index in [-0.39, 0.29) is 17.2 Å². The molecule has 2 N–H and O–H groups in total. The number of nitrogens with one attached hydrogen (secondary N) is 2. The minimum Gasteiger partial charge on any atom is -0.493 e. The van der Waals surface area contributed by atoms with Crippen LogP contribution in [0.25, 0.3) is 0 Å². The average Bonchev–Trinajstić information content (AvgIpc) is 2.66. The van der Waals surface area contributed by atoms with Crippen molar-refractivity contribution in [2.24, 2.45) is 0 Å². The summed E-state index contributed by atoms with van der Waals surface area (Å²) in [5.41, 5.74) is 2.00. The van der Waals surface area contributed by atoms with Gasteiger partial charge >= 0.3 is 0 Å². The summed E-state index contributed by atoms with van der Waals surface area (Å²) in [5, 5.41) is 5.57. The Hall–Kier alpha value is -3.22. The van der Waals surface area contributed by atoms with Crippen molar-refractivity contribution in [3.8, 4) is 17.2 Å². The number of amides is 2. The van der Waals surface area contributed by atoms with Gasteiger partial charge in [-0.3, -0.25) is 9.59 Å². The summed E-state index contributed by atoms with van der Waals surface area (Å²) in [4.78, 5) is 25.1. The van der Waals surface area contributed by atoms with E-state index in [1.165, 1.54) is 21.3 Å². The first-order chi connectivity index (χ1) is 12.6. The molecule has 0 spiro atoms. The molecule has 26 heavy (non-hydrogen) atoms. The third-order valence-electron chi connectivity index (χ3n) is 4.27. The molecule has 2 amide bonds. The number of hydrogen-bond donors (Lipinski definition) is 2. The molecule has 0 saturated heterocycles. The van der Waals surface area contributed by atoms with E-state index in [0.29, 0.717) is 17.9 Å². The molecule has 1 aliphatic heterocycles. The molecule has 7 heteroatoms. The molecule has 0 aromatic heterocycles. The molecule has 0 bridgehead atoms. The Bertz CT molecular complexity index is 850. The fraction of sp³-hybridized carbons (Fsp3) is 0.263. The van der Waals surface area contributed by atoms with Gasteiger partial charge in [0.1, 0.15) is 6.04 Å². The van der Waals surface area contributed by atoms with Gasteiger partial charge in [-0.15, -0.1) is 0 Å². The van der Waals surface area contributed by atoms with Crippen LogP contribution in [0.1, 0.15) is 15.9 Å². The van der Waals surface area contributed by atoms with Gasteiger partial charge in [-0.05, 0) is 23.8 Å². The minimum absolute atomic E-state index is 0.251. The van der Waals surface area contributed by atoms with Crippen molar-refractivity contribution in [1.82, 2.24) is 5.32 Å². The number of anilines is 1. The molecule has 1 aliphatic rings. The van der Waals surface area contributed by atoms with Crippen LogP contribution in [0, 0.1) is 0 Å². The van der Waals surface area contributed by atoms with Crippen molar-refractivity contribution in [1.29, 1.82) is 0 Å². The molecular weight excluding hydrogens is 336 g/mol. The number of rotatable bonds is 5. The minimum atomic E-state index is -0.671. The Morgan fingerprint density at radius 3 is 2.46 bits per heavy atom. The fourth-order valence-corrected chi connectivity index (χ4v) is 2.99. The SMILES string of the molecule is COc1ccc(C(=O)NC2Cc3ccccc3NC2=O)c(OC)c1OC. The third-order valence-corrected chi connectivity index (χ3v) is 4.27. The zero-order valence-electron chi connectivity index (χ0n) is 14.8. The molecule has 0 saturated carbocycles. The lowest BCUT2D eigenvalue weighted by atomic mass is 9.98. The Morgan fingerprint density at radius 2 is 1.77 bits per heavy atom. The van der Waals surface area contributed by atoms with E-state index >= 15 is 0 Å². The quantitative estimate of drug-likeness (QED) is 0.856. The summed E-state index contributed by atoms with van der Waals surface area (Å²) in [6.45, 7) is 0. The lowest BCUT2D eigenvalue weighted by Gasteiger charge is -2.25. The zero-order valence-corrected chi connectivity index (χ0v) is 14.8. The Balaban J connectivity index is 1.86. The van der Waals surface area contributed by atoms with Crippen molar-refractivity contribution >= 4 is 17.5 Å². The van der Waals surface area contributed by atoms with Gasteiger partial charge in [0.25, 0.3) is 5.91 Å². The molecule has 136 valence electrons. The maximum absolute atomic E-state index is 12.8. The molecule has 7 nitrogen and oxygen atoms in total. The highest BCUT2D eigenvalue weighted by molar-refractivity contribution is 6.04. The van der Waals surface area contributed by atoms with Crippen molar-refractivity contribution in [3.63, 3.8) is 0 Å². The normalized spacial score (nSPS) is 15.5. The molecule has 1 unspecified atom stereocenters. The Morgan fingerprint density at radius 1 is 1.04 bits per heavy atom. The molecule has 1 atom stereocenters. The molecule has 3 rings (SSSR count). The van der Waals surface area contributed by atoms with Crippen LogP contribution < -0.4 is 24.8 Å². The van der Waals surface area contributed by atoms with Crippen molar-refractivity contribution in [3.05, 3.63) is 47.5 Å². The molecule has 1 heterocycles. The van der Waals surface area contributed by atoms with Crippen molar-refractivity contribution < 1.29 is 23.8 Å². The second-order valence-electron chi connectivity index (χ2n) is 5.76. The highest BCUT2D eigenvalue weighted by Crippen LogP contribution is 2.39. The summed E-state index contributed by atoms with van der Waals surface area (Å²) in [5.74, 6) is 0.339. The van der Waals surface area contributed by atoms with E-state index in [0.717, 1.165) is 11.3 Å². The predicted molar refractivity (Wildman–Crippen MR) is 96.1 cm³/mol. The number of hydrogen-bond acceptors (Lipinski definition) is 5. The van der Waals surface area contributed by atoms with E-state index in [1.54, 1.807) is 12.1 Å². The first-order valence-corrected chi connectivity index (χ1v) is 8.07. The highest BCUT2D eigenvalue weighted by Gasteiger charge is 2.29.